The van der Waals surface area contributed by atoms with Gasteiger partial charge in [-0.2, -0.15) is 5.10 Å². The number of hydrogen-bond donors (Lipinski definition) is 3. The first-order valence-electron chi connectivity index (χ1n) is 9.18. The van der Waals surface area contributed by atoms with Gasteiger partial charge in [-0.3, -0.25) is 9.48 Å². The van der Waals surface area contributed by atoms with Crippen LogP contribution in [0.1, 0.15) is 47.7 Å². The van der Waals surface area contributed by atoms with Crippen LogP contribution < -0.4 is 16.4 Å². The maximum Gasteiger partial charge on any atom is 0.261 e. The Bertz CT molecular complexity index is 890. The van der Waals surface area contributed by atoms with E-state index in [1.807, 2.05) is 0 Å². The summed E-state index contributed by atoms with van der Waals surface area (Å²) in [6, 6.07) is 4.08. The average Bonchev–Trinajstić information content (AvgIpc) is 3.33. The molecule has 0 bridgehead atoms. The van der Waals surface area contributed by atoms with Crippen LogP contribution in [-0.2, 0) is 7.05 Å². The average molecular weight is 392 g/mol. The third-order valence-corrected chi connectivity index (χ3v) is 6.23. The number of nitrogens with zero attached hydrogens (tertiary/aromatic N) is 2. The highest BCUT2D eigenvalue weighted by Crippen LogP contribution is 2.50. The van der Waals surface area contributed by atoms with Gasteiger partial charge in [0, 0.05) is 25.2 Å². The van der Waals surface area contributed by atoms with Crippen molar-refractivity contribution in [3.8, 4) is 0 Å². The van der Waals surface area contributed by atoms with Crippen LogP contribution in [0, 0.1) is 11.2 Å². The van der Waals surface area contributed by atoms with Crippen molar-refractivity contribution in [2.45, 2.75) is 31.6 Å². The highest BCUT2D eigenvalue weighted by Gasteiger charge is 2.43. The molecule has 1 spiro atoms. The standard InChI is InChI=1S/C19H23ClFN5O/c1-26-17(22)15(18(27)24-12-2-3-14(21)13(20)8-12)16(25-26)11-4-5-19(9-11)6-7-23-10-19/h2-3,8,11,23H,4-7,9-10,22H2,1H3,(H,24,27). The highest BCUT2D eigenvalue weighted by molar-refractivity contribution is 6.31. The predicted octanol–water partition coefficient (Wildman–Crippen LogP) is 3.29. The molecule has 144 valence electrons. The van der Waals surface area contributed by atoms with Crippen molar-refractivity contribution in [2.75, 3.05) is 24.1 Å². The molecule has 1 saturated carbocycles. The van der Waals surface area contributed by atoms with Gasteiger partial charge >= 0.3 is 0 Å². The Kier molecular flexibility index (Phi) is 4.60. The number of amides is 1. The molecule has 1 aliphatic carbocycles. The SMILES string of the molecule is Cn1nc(C2CCC3(CCNC3)C2)c(C(=O)Nc2ccc(F)c(Cl)c2)c1N. The van der Waals surface area contributed by atoms with Crippen molar-refractivity contribution in [2.24, 2.45) is 12.5 Å². The van der Waals surface area contributed by atoms with Gasteiger partial charge in [-0.15, -0.1) is 0 Å². The number of rotatable bonds is 3. The molecule has 1 aromatic heterocycles. The molecule has 0 radical (unpaired) electrons. The van der Waals surface area contributed by atoms with Crippen molar-refractivity contribution >= 4 is 29.0 Å². The zero-order valence-electron chi connectivity index (χ0n) is 15.2. The maximum atomic E-state index is 13.4. The molecule has 4 N–H and O–H groups in total. The normalized spacial score (nSPS) is 24.6. The first-order valence-corrected chi connectivity index (χ1v) is 9.56. The predicted molar refractivity (Wildman–Crippen MR) is 103 cm³/mol. The Balaban J connectivity index is 1.60. The summed E-state index contributed by atoms with van der Waals surface area (Å²) in [6.45, 7) is 2.08. The number of halogens is 2. The second-order valence-electron chi connectivity index (χ2n) is 7.72. The Labute approximate surface area is 162 Å². The van der Waals surface area contributed by atoms with Gasteiger partial charge in [-0.1, -0.05) is 11.6 Å². The summed E-state index contributed by atoms with van der Waals surface area (Å²) in [5.74, 6) is -0.325. The number of benzene rings is 1. The monoisotopic (exact) mass is 391 g/mol. The lowest BCUT2D eigenvalue weighted by Crippen LogP contribution is -2.21. The smallest absolute Gasteiger partial charge is 0.261 e. The van der Waals surface area contributed by atoms with E-state index >= 15 is 0 Å². The summed E-state index contributed by atoms with van der Waals surface area (Å²) in [5.41, 5.74) is 8.06. The topological polar surface area (TPSA) is 85.0 Å². The van der Waals surface area contributed by atoms with E-state index in [1.165, 1.54) is 24.6 Å². The summed E-state index contributed by atoms with van der Waals surface area (Å²) in [6.07, 6.45) is 4.32. The molecule has 8 heteroatoms. The molecule has 2 aliphatic rings. The lowest BCUT2D eigenvalue weighted by molar-refractivity contribution is 0.102. The number of carbonyl (C=O) groups is 1. The van der Waals surface area contributed by atoms with Gasteiger partial charge in [-0.25, -0.2) is 4.39 Å². The summed E-state index contributed by atoms with van der Waals surface area (Å²) in [7, 11) is 1.74. The molecule has 2 heterocycles. The van der Waals surface area contributed by atoms with Gasteiger partial charge < -0.3 is 16.4 Å². The van der Waals surface area contributed by atoms with Crippen LogP contribution in [0.2, 0.25) is 5.02 Å². The number of anilines is 2. The third kappa shape index (κ3) is 3.30. The van der Waals surface area contributed by atoms with E-state index in [0.29, 0.717) is 22.5 Å². The second-order valence-corrected chi connectivity index (χ2v) is 8.13. The summed E-state index contributed by atoms with van der Waals surface area (Å²) < 4.78 is 14.9. The van der Waals surface area contributed by atoms with Crippen molar-refractivity contribution in [1.82, 2.24) is 15.1 Å². The lowest BCUT2D eigenvalue weighted by Gasteiger charge is -2.21. The number of hydrogen-bond acceptors (Lipinski definition) is 4. The fourth-order valence-electron chi connectivity index (χ4n) is 4.47. The Morgan fingerprint density at radius 2 is 2.30 bits per heavy atom. The fourth-order valence-corrected chi connectivity index (χ4v) is 4.65. The van der Waals surface area contributed by atoms with Crippen LogP contribution in [0.3, 0.4) is 0 Å². The van der Waals surface area contributed by atoms with Gasteiger partial charge in [0.15, 0.2) is 0 Å². The van der Waals surface area contributed by atoms with Crippen molar-refractivity contribution in [3.63, 3.8) is 0 Å². The molecule has 1 amide bonds. The molecule has 2 aromatic rings. The van der Waals surface area contributed by atoms with Gasteiger partial charge in [0.25, 0.3) is 5.91 Å². The largest absolute Gasteiger partial charge is 0.383 e. The van der Waals surface area contributed by atoms with E-state index in [0.717, 1.165) is 38.0 Å². The minimum absolute atomic E-state index is 0.0429. The molecular weight excluding hydrogens is 369 g/mol. The van der Waals surface area contributed by atoms with Crippen molar-refractivity contribution in [1.29, 1.82) is 0 Å². The zero-order chi connectivity index (χ0) is 19.2. The molecule has 2 fully saturated rings. The van der Waals surface area contributed by atoms with Crippen molar-refractivity contribution < 1.29 is 9.18 Å². The van der Waals surface area contributed by atoms with Crippen LogP contribution in [0.4, 0.5) is 15.9 Å². The first kappa shape index (κ1) is 18.3. The zero-order valence-corrected chi connectivity index (χ0v) is 15.9. The molecule has 4 rings (SSSR count). The molecule has 6 nitrogen and oxygen atoms in total. The molecular formula is C19H23ClFN5O. The fraction of sp³-hybridized carbons (Fsp3) is 0.474. The number of aromatic nitrogens is 2. The minimum Gasteiger partial charge on any atom is -0.383 e. The number of aryl methyl sites for hydroxylation is 1. The Hall–Kier alpha value is -2.12. The van der Waals surface area contributed by atoms with Crippen LogP contribution in [0.5, 0.6) is 0 Å². The third-order valence-electron chi connectivity index (χ3n) is 5.94. The summed E-state index contributed by atoms with van der Waals surface area (Å²) >= 11 is 5.81. The van der Waals surface area contributed by atoms with Gasteiger partial charge in [0.05, 0.1) is 10.7 Å². The number of nitrogens with one attached hydrogen (secondary N) is 2. The number of nitrogen functional groups attached to an aromatic ring is 1. The Morgan fingerprint density at radius 1 is 1.48 bits per heavy atom. The second kappa shape index (κ2) is 6.80. The maximum absolute atomic E-state index is 13.4. The molecule has 1 saturated heterocycles. The molecule has 27 heavy (non-hydrogen) atoms. The van der Waals surface area contributed by atoms with Gasteiger partial charge in [-0.05, 0) is 55.8 Å². The van der Waals surface area contributed by atoms with E-state index < -0.39 is 5.82 Å². The minimum atomic E-state index is -0.530. The number of nitrogens with two attached hydrogens (primary N) is 1. The molecule has 1 aromatic carbocycles. The number of carbonyl (C=O) groups excluding carboxylic acids is 1. The van der Waals surface area contributed by atoms with E-state index in [9.17, 15) is 9.18 Å². The first-order chi connectivity index (χ1) is 12.9. The van der Waals surface area contributed by atoms with Gasteiger partial charge in [0.1, 0.15) is 17.2 Å². The molecule has 1 aliphatic heterocycles. The molecule has 2 atom stereocenters. The van der Waals surface area contributed by atoms with Gasteiger partial charge in [0.2, 0.25) is 0 Å². The quantitative estimate of drug-likeness (QED) is 0.749. The van der Waals surface area contributed by atoms with Crippen LogP contribution >= 0.6 is 11.6 Å². The highest BCUT2D eigenvalue weighted by atomic mass is 35.5. The molecule has 2 unspecified atom stereocenters. The lowest BCUT2D eigenvalue weighted by atomic mass is 9.84. The van der Waals surface area contributed by atoms with Crippen LogP contribution in [-0.4, -0.2) is 28.8 Å². The van der Waals surface area contributed by atoms with E-state index in [2.05, 4.69) is 15.7 Å². The summed E-state index contributed by atoms with van der Waals surface area (Å²) in [5, 5.41) is 10.7. The van der Waals surface area contributed by atoms with E-state index in [1.54, 1.807) is 11.7 Å². The summed E-state index contributed by atoms with van der Waals surface area (Å²) in [4.78, 5) is 12.9. The van der Waals surface area contributed by atoms with Crippen LogP contribution in [0.15, 0.2) is 18.2 Å². The van der Waals surface area contributed by atoms with Crippen LogP contribution in [0.25, 0.3) is 0 Å². The van der Waals surface area contributed by atoms with Crippen molar-refractivity contribution in [3.05, 3.63) is 40.3 Å². The van der Waals surface area contributed by atoms with E-state index in [4.69, 9.17) is 17.3 Å². The van der Waals surface area contributed by atoms with E-state index in [-0.39, 0.29) is 16.8 Å². The Morgan fingerprint density at radius 3 is 3.00 bits per heavy atom.